The summed E-state index contributed by atoms with van der Waals surface area (Å²) in [7, 11) is 0. The quantitative estimate of drug-likeness (QED) is 0.708. The highest BCUT2D eigenvalue weighted by molar-refractivity contribution is 6.18. The molecule has 1 aromatic carbocycles. The Balaban J connectivity index is 2.74. The van der Waals surface area contributed by atoms with E-state index in [4.69, 9.17) is 11.6 Å². The number of halogens is 2. The lowest BCUT2D eigenvalue weighted by atomic mass is 9.93. The van der Waals surface area contributed by atoms with Crippen LogP contribution in [0.15, 0.2) is 24.3 Å². The van der Waals surface area contributed by atoms with Crippen LogP contribution >= 0.6 is 11.6 Å². The largest absolute Gasteiger partial charge is 0.300 e. The maximum absolute atomic E-state index is 13.3. The molecule has 1 rings (SSSR count). The number of carbonyl (C=O) groups excluding carboxylic acids is 1. The predicted molar refractivity (Wildman–Crippen MR) is 59.6 cm³/mol. The van der Waals surface area contributed by atoms with Crippen molar-refractivity contribution in [1.82, 2.24) is 0 Å². The van der Waals surface area contributed by atoms with E-state index in [1.807, 2.05) is 0 Å². The lowest BCUT2D eigenvalue weighted by Crippen LogP contribution is -2.15. The maximum atomic E-state index is 13.3. The van der Waals surface area contributed by atoms with Gasteiger partial charge in [0.2, 0.25) is 0 Å². The minimum Gasteiger partial charge on any atom is -0.300 e. The third-order valence-corrected chi connectivity index (χ3v) is 2.67. The van der Waals surface area contributed by atoms with Gasteiger partial charge in [0.25, 0.3) is 0 Å². The zero-order valence-electron chi connectivity index (χ0n) is 8.67. The van der Waals surface area contributed by atoms with Gasteiger partial charge >= 0.3 is 0 Å². The molecule has 0 aliphatic carbocycles. The smallest absolute Gasteiger partial charge is 0.133 e. The van der Waals surface area contributed by atoms with Crippen molar-refractivity contribution in [2.45, 2.75) is 19.8 Å². The summed E-state index contributed by atoms with van der Waals surface area (Å²) in [6.07, 6.45) is 1.04. The highest BCUT2D eigenvalue weighted by Crippen LogP contribution is 2.16. The van der Waals surface area contributed by atoms with Gasteiger partial charge in [0.15, 0.2) is 0 Å². The highest BCUT2D eigenvalue weighted by atomic mass is 35.5. The first-order valence-electron chi connectivity index (χ1n) is 4.95. The van der Waals surface area contributed by atoms with Crippen LogP contribution in [-0.2, 0) is 11.2 Å². The van der Waals surface area contributed by atoms with Crippen molar-refractivity contribution < 1.29 is 9.18 Å². The fourth-order valence-corrected chi connectivity index (χ4v) is 1.77. The molecular formula is C12H14ClFO. The summed E-state index contributed by atoms with van der Waals surface area (Å²) in [4.78, 5) is 11.3. The summed E-state index contributed by atoms with van der Waals surface area (Å²) in [6, 6.07) is 6.53. The zero-order chi connectivity index (χ0) is 11.3. The molecule has 3 heteroatoms. The van der Waals surface area contributed by atoms with Crippen molar-refractivity contribution >= 4 is 17.4 Å². The second-order valence-electron chi connectivity index (χ2n) is 3.58. The van der Waals surface area contributed by atoms with Gasteiger partial charge in [0.05, 0.1) is 0 Å². The van der Waals surface area contributed by atoms with Crippen LogP contribution in [0, 0.1) is 11.7 Å². The van der Waals surface area contributed by atoms with Crippen LogP contribution in [0.1, 0.15) is 18.9 Å². The number of carbonyl (C=O) groups is 1. The molecule has 0 saturated heterocycles. The normalized spacial score (nSPS) is 12.5. The van der Waals surface area contributed by atoms with Crippen molar-refractivity contribution in [2.75, 3.05) is 5.88 Å². The van der Waals surface area contributed by atoms with Gasteiger partial charge in [-0.05, 0) is 31.4 Å². The first-order chi connectivity index (χ1) is 7.15. The van der Waals surface area contributed by atoms with Crippen LogP contribution in [0.3, 0.4) is 0 Å². The van der Waals surface area contributed by atoms with Crippen molar-refractivity contribution in [2.24, 2.45) is 5.92 Å². The van der Waals surface area contributed by atoms with E-state index in [1.54, 1.807) is 18.2 Å². The Hall–Kier alpha value is -0.890. The lowest BCUT2D eigenvalue weighted by Gasteiger charge is -2.12. The summed E-state index contributed by atoms with van der Waals surface area (Å²) in [5.74, 6) is 0.0789. The minimum absolute atomic E-state index is 0.0684. The van der Waals surface area contributed by atoms with Gasteiger partial charge in [-0.15, -0.1) is 11.6 Å². The molecule has 0 spiro atoms. The molecule has 0 aliphatic rings. The Morgan fingerprint density at radius 1 is 1.47 bits per heavy atom. The van der Waals surface area contributed by atoms with Gasteiger partial charge in [-0.25, -0.2) is 4.39 Å². The summed E-state index contributed by atoms with van der Waals surface area (Å²) in [5, 5.41) is 0. The van der Waals surface area contributed by atoms with Crippen LogP contribution < -0.4 is 0 Å². The molecule has 15 heavy (non-hydrogen) atoms. The predicted octanol–water partition coefficient (Wildman–Crippen LogP) is 3.20. The number of ketones is 1. The third kappa shape index (κ3) is 3.63. The fraction of sp³-hybridized carbons (Fsp3) is 0.417. The number of benzene rings is 1. The molecule has 1 aromatic rings. The number of Topliss-reactive ketones (excluding diaryl/α,β-unsaturated/α-hetero) is 1. The second kappa shape index (κ2) is 5.86. The van der Waals surface area contributed by atoms with E-state index in [1.165, 1.54) is 13.0 Å². The van der Waals surface area contributed by atoms with Gasteiger partial charge in [-0.2, -0.15) is 0 Å². The lowest BCUT2D eigenvalue weighted by molar-refractivity contribution is -0.120. The van der Waals surface area contributed by atoms with Crippen LogP contribution in [0.4, 0.5) is 4.39 Å². The number of rotatable bonds is 5. The number of hydrogen-bond acceptors (Lipinski definition) is 1. The van der Waals surface area contributed by atoms with Gasteiger partial charge in [0, 0.05) is 11.8 Å². The third-order valence-electron chi connectivity index (χ3n) is 2.46. The Morgan fingerprint density at radius 3 is 2.67 bits per heavy atom. The molecular weight excluding hydrogens is 215 g/mol. The highest BCUT2D eigenvalue weighted by Gasteiger charge is 2.15. The SMILES string of the molecule is CC(=O)C(CCCl)Cc1ccccc1F. The van der Waals surface area contributed by atoms with Gasteiger partial charge in [-0.1, -0.05) is 18.2 Å². The van der Waals surface area contributed by atoms with Crippen molar-refractivity contribution in [1.29, 1.82) is 0 Å². The van der Waals surface area contributed by atoms with Crippen LogP contribution in [0.2, 0.25) is 0 Å². The monoisotopic (exact) mass is 228 g/mol. The molecule has 0 bridgehead atoms. The molecule has 1 nitrogen and oxygen atoms in total. The Bertz CT molecular complexity index is 338. The summed E-state index contributed by atoms with van der Waals surface area (Å²) < 4.78 is 13.3. The summed E-state index contributed by atoms with van der Waals surface area (Å²) >= 11 is 5.60. The van der Waals surface area contributed by atoms with E-state index >= 15 is 0 Å². The van der Waals surface area contributed by atoms with Gasteiger partial charge < -0.3 is 0 Å². The van der Waals surface area contributed by atoms with E-state index in [0.717, 1.165) is 0 Å². The van der Waals surface area contributed by atoms with Crippen molar-refractivity contribution in [3.63, 3.8) is 0 Å². The van der Waals surface area contributed by atoms with Crippen molar-refractivity contribution in [3.8, 4) is 0 Å². The zero-order valence-corrected chi connectivity index (χ0v) is 9.43. The van der Waals surface area contributed by atoms with Crippen LogP contribution in [-0.4, -0.2) is 11.7 Å². The molecule has 0 amide bonds. The number of alkyl halides is 1. The molecule has 0 N–H and O–H groups in total. The minimum atomic E-state index is -0.252. The van der Waals surface area contributed by atoms with Gasteiger partial charge in [-0.3, -0.25) is 4.79 Å². The van der Waals surface area contributed by atoms with Crippen LogP contribution in [0.5, 0.6) is 0 Å². The topological polar surface area (TPSA) is 17.1 Å². The van der Waals surface area contributed by atoms with E-state index in [2.05, 4.69) is 0 Å². The first-order valence-corrected chi connectivity index (χ1v) is 5.48. The van der Waals surface area contributed by atoms with Crippen molar-refractivity contribution in [3.05, 3.63) is 35.6 Å². The van der Waals surface area contributed by atoms with E-state index < -0.39 is 0 Å². The standard InChI is InChI=1S/C12H14ClFO/c1-9(15)10(6-7-13)8-11-4-2-3-5-12(11)14/h2-5,10H,6-8H2,1H3. The van der Waals surface area contributed by atoms with E-state index in [9.17, 15) is 9.18 Å². The Kier molecular flexibility index (Phi) is 4.76. The fourth-order valence-electron chi connectivity index (χ4n) is 1.51. The molecule has 0 radical (unpaired) electrons. The average molecular weight is 229 g/mol. The van der Waals surface area contributed by atoms with E-state index in [-0.39, 0.29) is 17.5 Å². The summed E-state index contributed by atoms with van der Waals surface area (Å²) in [6.45, 7) is 1.53. The second-order valence-corrected chi connectivity index (χ2v) is 3.96. The van der Waals surface area contributed by atoms with E-state index in [0.29, 0.717) is 24.3 Å². The molecule has 0 fully saturated rings. The molecule has 0 aromatic heterocycles. The summed E-state index contributed by atoms with van der Waals surface area (Å²) in [5.41, 5.74) is 0.586. The molecule has 82 valence electrons. The molecule has 0 heterocycles. The Morgan fingerprint density at radius 2 is 2.13 bits per heavy atom. The molecule has 1 atom stereocenters. The van der Waals surface area contributed by atoms with Crippen LogP contribution in [0.25, 0.3) is 0 Å². The van der Waals surface area contributed by atoms with Gasteiger partial charge in [0.1, 0.15) is 11.6 Å². The molecule has 1 unspecified atom stereocenters. The molecule has 0 saturated carbocycles. The molecule has 0 aliphatic heterocycles. The Labute approximate surface area is 94.3 Å². The average Bonchev–Trinajstić information content (AvgIpc) is 2.20. The first kappa shape index (κ1) is 12.2. The maximum Gasteiger partial charge on any atom is 0.133 e. The number of hydrogen-bond donors (Lipinski definition) is 0.